The summed E-state index contributed by atoms with van der Waals surface area (Å²) in [5.41, 5.74) is 3.22. The second-order valence-corrected chi connectivity index (χ2v) is 7.32. The van der Waals surface area contributed by atoms with Crippen molar-refractivity contribution in [3.8, 4) is 22.1 Å². The molecule has 2 aromatic carbocycles. The average Bonchev–Trinajstić information content (AvgIpc) is 3.34. The van der Waals surface area contributed by atoms with Crippen molar-refractivity contribution in [2.24, 2.45) is 15.4 Å². The number of nitrogens with zero attached hydrogens (tertiary/aromatic N) is 4. The largest absolute Gasteiger partial charge is 0.477 e. The summed E-state index contributed by atoms with van der Waals surface area (Å²) in [4.78, 5) is 16.0. The summed E-state index contributed by atoms with van der Waals surface area (Å²) in [6.45, 7) is 3.71. The lowest BCUT2D eigenvalue weighted by Crippen LogP contribution is -1.98. The molecule has 1 N–H and O–H groups in total. The molecule has 0 spiro atoms. The van der Waals surface area contributed by atoms with E-state index in [-0.39, 0.29) is 10.9 Å². The molecule has 4 rings (SSSR count). The number of ether oxygens (including phenoxy) is 1. The Morgan fingerprint density at radius 1 is 1.14 bits per heavy atom. The van der Waals surface area contributed by atoms with Crippen LogP contribution in [0.15, 0.2) is 57.9 Å². The molecule has 1 atom stereocenters. The van der Waals surface area contributed by atoms with Gasteiger partial charge >= 0.3 is 5.97 Å². The summed E-state index contributed by atoms with van der Waals surface area (Å²) in [6, 6.07) is 13.0. The summed E-state index contributed by atoms with van der Waals surface area (Å²) >= 11 is 1.14. The summed E-state index contributed by atoms with van der Waals surface area (Å²) in [5.74, 6) is 0.374. The number of aromatic nitrogens is 1. The van der Waals surface area contributed by atoms with Crippen molar-refractivity contribution in [2.75, 3.05) is 0 Å². The maximum atomic E-state index is 11.3. The lowest BCUT2D eigenvalue weighted by molar-refractivity contribution is 0.0701. The van der Waals surface area contributed by atoms with E-state index in [1.165, 1.54) is 0 Å². The van der Waals surface area contributed by atoms with Gasteiger partial charge in [0.15, 0.2) is 0 Å². The highest BCUT2D eigenvalue weighted by molar-refractivity contribution is 7.17. The molecule has 28 heavy (non-hydrogen) atoms. The second kappa shape index (κ2) is 7.32. The van der Waals surface area contributed by atoms with Crippen molar-refractivity contribution in [3.05, 3.63) is 64.2 Å². The maximum absolute atomic E-state index is 11.3. The highest BCUT2D eigenvalue weighted by Gasteiger charge is 2.21. The van der Waals surface area contributed by atoms with Crippen LogP contribution in [0.5, 0.6) is 11.5 Å². The molecule has 1 aliphatic rings. The smallest absolute Gasteiger partial charge is 0.347 e. The molecule has 1 unspecified atom stereocenters. The van der Waals surface area contributed by atoms with Crippen molar-refractivity contribution in [3.63, 3.8) is 0 Å². The number of aromatic carboxylic acids is 1. The molecule has 8 heteroatoms. The first-order chi connectivity index (χ1) is 13.5. The van der Waals surface area contributed by atoms with Gasteiger partial charge in [-0.2, -0.15) is 5.11 Å². The molecule has 7 nitrogen and oxygen atoms in total. The van der Waals surface area contributed by atoms with E-state index in [0.29, 0.717) is 22.2 Å². The fourth-order valence-electron chi connectivity index (χ4n) is 2.81. The Kier molecular flexibility index (Phi) is 4.70. The molecule has 2 heterocycles. The molecule has 1 aliphatic heterocycles. The monoisotopic (exact) mass is 392 g/mol. The Morgan fingerprint density at radius 2 is 1.93 bits per heavy atom. The Bertz CT molecular complexity index is 1090. The molecular formula is C20H16N4O3S. The Morgan fingerprint density at radius 3 is 2.57 bits per heavy atom. The zero-order valence-electron chi connectivity index (χ0n) is 15.2. The molecule has 0 saturated carbocycles. The molecule has 3 aromatic rings. The van der Waals surface area contributed by atoms with Gasteiger partial charge in [-0.05, 0) is 49.4 Å². The molecule has 0 fully saturated rings. The van der Waals surface area contributed by atoms with Gasteiger partial charge in [-0.3, -0.25) is 0 Å². The van der Waals surface area contributed by atoms with Crippen LogP contribution in [0.4, 0.5) is 0 Å². The van der Waals surface area contributed by atoms with Crippen molar-refractivity contribution >= 4 is 23.5 Å². The van der Waals surface area contributed by atoms with Gasteiger partial charge in [0.25, 0.3) is 0 Å². The topological polar surface area (TPSA) is 96.5 Å². The molecule has 0 radical (unpaired) electrons. The third-order valence-electron chi connectivity index (χ3n) is 4.25. The highest BCUT2D eigenvalue weighted by atomic mass is 32.1. The van der Waals surface area contributed by atoms with Crippen LogP contribution in [0.2, 0.25) is 0 Å². The normalized spacial score (nSPS) is 15.1. The van der Waals surface area contributed by atoms with Gasteiger partial charge in [-0.1, -0.05) is 17.7 Å². The van der Waals surface area contributed by atoms with Gasteiger partial charge in [0.1, 0.15) is 27.4 Å². The minimum Gasteiger partial charge on any atom is -0.477 e. The van der Waals surface area contributed by atoms with Crippen LogP contribution < -0.4 is 4.74 Å². The number of aryl methyl sites for hydroxylation is 2. The molecule has 0 saturated heterocycles. The molecule has 0 amide bonds. The van der Waals surface area contributed by atoms with E-state index in [4.69, 9.17) is 4.74 Å². The van der Waals surface area contributed by atoms with Crippen molar-refractivity contribution in [1.29, 1.82) is 0 Å². The first-order valence-electron chi connectivity index (χ1n) is 8.54. The fourth-order valence-corrected chi connectivity index (χ4v) is 3.71. The molecule has 0 bridgehead atoms. The van der Waals surface area contributed by atoms with E-state index < -0.39 is 5.97 Å². The first kappa shape index (κ1) is 18.0. The molecule has 0 aliphatic carbocycles. The van der Waals surface area contributed by atoms with E-state index >= 15 is 0 Å². The number of thiazole rings is 1. The van der Waals surface area contributed by atoms with E-state index in [1.807, 2.05) is 49.4 Å². The van der Waals surface area contributed by atoms with Crippen molar-refractivity contribution in [1.82, 2.24) is 4.98 Å². The van der Waals surface area contributed by atoms with Gasteiger partial charge in [-0.25, -0.2) is 9.78 Å². The predicted molar refractivity (Wildman–Crippen MR) is 107 cm³/mol. The Balaban J connectivity index is 1.74. The Hall–Kier alpha value is -3.39. The minimum absolute atomic E-state index is 0.235. The lowest BCUT2D eigenvalue weighted by Gasteiger charge is -2.14. The zero-order valence-corrected chi connectivity index (χ0v) is 16.0. The quantitative estimate of drug-likeness (QED) is 0.628. The third-order valence-corrected chi connectivity index (χ3v) is 5.45. The SMILES string of the molecule is Cc1ccc(Oc2ccc(-c3nc(C)c(C(=O)O)s3)cc2C2C=NN=N2)cc1. The van der Waals surface area contributed by atoms with Gasteiger partial charge in [0.05, 0.1) is 11.9 Å². The van der Waals surface area contributed by atoms with Crippen molar-refractivity contribution < 1.29 is 14.6 Å². The van der Waals surface area contributed by atoms with E-state index in [0.717, 1.165) is 28.0 Å². The first-order valence-corrected chi connectivity index (χ1v) is 9.36. The number of carboxylic acids is 1. The van der Waals surface area contributed by atoms with Crippen LogP contribution in [0.1, 0.15) is 32.5 Å². The van der Waals surface area contributed by atoms with Crippen LogP contribution in [0.25, 0.3) is 10.6 Å². The number of benzene rings is 2. The van der Waals surface area contributed by atoms with Crippen LogP contribution in [-0.2, 0) is 0 Å². The standard InChI is InChI=1S/C20H16N4O3S/c1-11-3-6-14(7-4-11)27-17-8-5-13(9-15(17)16-10-21-24-23-16)19-22-12(2)18(28-19)20(25)26/h3-10,16H,1-2H3,(H,25,26). The summed E-state index contributed by atoms with van der Waals surface area (Å²) in [5, 5.41) is 21.6. The maximum Gasteiger partial charge on any atom is 0.347 e. The summed E-state index contributed by atoms with van der Waals surface area (Å²) in [7, 11) is 0. The van der Waals surface area contributed by atoms with Gasteiger partial charge in [-0.15, -0.1) is 16.4 Å². The zero-order chi connectivity index (χ0) is 19.7. The van der Waals surface area contributed by atoms with Crippen LogP contribution in [0, 0.1) is 13.8 Å². The third kappa shape index (κ3) is 3.54. The Labute approximate surface area is 165 Å². The van der Waals surface area contributed by atoms with Crippen LogP contribution in [-0.4, -0.2) is 22.3 Å². The van der Waals surface area contributed by atoms with E-state index in [9.17, 15) is 9.90 Å². The predicted octanol–water partition coefficient (Wildman–Crippen LogP) is 5.41. The summed E-state index contributed by atoms with van der Waals surface area (Å²) < 4.78 is 6.06. The van der Waals surface area contributed by atoms with Crippen molar-refractivity contribution in [2.45, 2.75) is 19.9 Å². The fraction of sp³-hybridized carbons (Fsp3) is 0.150. The second-order valence-electron chi connectivity index (χ2n) is 6.32. The number of hydrogen-bond acceptors (Lipinski definition) is 7. The average molecular weight is 392 g/mol. The molecular weight excluding hydrogens is 376 g/mol. The number of hydrogen-bond donors (Lipinski definition) is 1. The van der Waals surface area contributed by atoms with Crippen LogP contribution >= 0.6 is 11.3 Å². The highest BCUT2D eigenvalue weighted by Crippen LogP contribution is 2.37. The van der Waals surface area contributed by atoms with E-state index in [2.05, 4.69) is 20.4 Å². The van der Waals surface area contributed by atoms with Gasteiger partial charge < -0.3 is 9.84 Å². The van der Waals surface area contributed by atoms with E-state index in [1.54, 1.807) is 13.1 Å². The minimum atomic E-state index is -0.975. The molecule has 1 aromatic heterocycles. The lowest BCUT2D eigenvalue weighted by atomic mass is 10.0. The number of carboxylic acid groups (broad SMARTS) is 1. The van der Waals surface area contributed by atoms with Gasteiger partial charge in [0.2, 0.25) is 0 Å². The number of carbonyl (C=O) groups is 1. The number of rotatable bonds is 5. The molecule has 140 valence electrons. The summed E-state index contributed by atoms with van der Waals surface area (Å²) in [6.07, 6.45) is 1.64. The van der Waals surface area contributed by atoms with Gasteiger partial charge in [0, 0.05) is 11.1 Å². The van der Waals surface area contributed by atoms with Crippen LogP contribution in [0.3, 0.4) is 0 Å².